The summed E-state index contributed by atoms with van der Waals surface area (Å²) < 4.78 is 40.8. The molecule has 0 aromatic heterocycles. The maximum Gasteiger partial charge on any atom is 0.258 e. The molecule has 3 rings (SSSR count). The summed E-state index contributed by atoms with van der Waals surface area (Å²) in [7, 11) is 1.68. The number of anilines is 1. The quantitative estimate of drug-likeness (QED) is 0.359. The van der Waals surface area contributed by atoms with E-state index in [1.54, 1.807) is 61.3 Å². The standard InChI is InChI=1S/C35H54N4O7S/c1-25-13-16-30(17-14-25)47(43,44)38(7)23-33-26(2)22-39(27(3)24-40)35(42)31-21-29(36-34(41)12-10-19-37(5)6)15-18-32(31)46-28(4)11-8-9-20-45-33/h13-18,21,26-28,33,40H,8-12,19-20,22-24H2,1-7H3,(H,36,41)/t26-,27-,28-,33+/m1/s1. The van der Waals surface area contributed by atoms with Crippen molar-refractivity contribution in [1.29, 1.82) is 0 Å². The highest BCUT2D eigenvalue weighted by atomic mass is 32.2. The van der Waals surface area contributed by atoms with Crippen LogP contribution in [0.25, 0.3) is 0 Å². The first-order valence-corrected chi connectivity index (χ1v) is 18.0. The Balaban J connectivity index is 1.92. The molecule has 0 bridgehead atoms. The van der Waals surface area contributed by atoms with Crippen molar-refractivity contribution in [2.24, 2.45) is 5.92 Å². The third kappa shape index (κ3) is 11.3. The SMILES string of the molecule is Cc1ccc(S(=O)(=O)N(C)C[C@@H]2OCCCC[C@@H](C)Oc3ccc(NC(=O)CCCN(C)C)cc3C(=O)N([C@H](C)CO)C[C@H]2C)cc1. The average molecular weight is 675 g/mol. The molecule has 1 aliphatic rings. The van der Waals surface area contributed by atoms with E-state index in [9.17, 15) is 23.1 Å². The first-order chi connectivity index (χ1) is 22.2. The Bertz CT molecular complexity index is 1420. The molecule has 2 aromatic carbocycles. The number of ether oxygens (including phenoxy) is 2. The second kappa shape index (κ2) is 17.9. The van der Waals surface area contributed by atoms with E-state index in [0.29, 0.717) is 30.9 Å². The molecule has 11 nitrogen and oxygen atoms in total. The maximum atomic E-state index is 14.3. The number of nitrogens with zero attached hydrogens (tertiary/aromatic N) is 3. The number of fused-ring (bicyclic) bond motifs is 1. The minimum absolute atomic E-state index is 0.0903. The number of nitrogens with one attached hydrogen (secondary N) is 1. The van der Waals surface area contributed by atoms with Crippen molar-refractivity contribution in [3.8, 4) is 5.75 Å². The number of aliphatic hydroxyl groups is 1. The van der Waals surface area contributed by atoms with Crippen LogP contribution in [0.15, 0.2) is 47.4 Å². The van der Waals surface area contributed by atoms with Crippen LogP contribution in [0.2, 0.25) is 0 Å². The highest BCUT2D eigenvalue weighted by Gasteiger charge is 2.32. The summed E-state index contributed by atoms with van der Waals surface area (Å²) >= 11 is 0. The zero-order valence-corrected chi connectivity index (χ0v) is 29.9. The number of benzene rings is 2. The van der Waals surface area contributed by atoms with Crippen LogP contribution < -0.4 is 10.1 Å². The molecule has 2 amide bonds. The average Bonchev–Trinajstić information content (AvgIpc) is 3.02. The lowest BCUT2D eigenvalue weighted by molar-refractivity contribution is -0.116. The van der Waals surface area contributed by atoms with Crippen LogP contribution in [0.1, 0.15) is 68.8 Å². The van der Waals surface area contributed by atoms with Crippen LogP contribution in [-0.4, -0.2) is 112 Å². The number of aryl methyl sites for hydroxylation is 1. The Labute approximate surface area is 281 Å². The van der Waals surface area contributed by atoms with Gasteiger partial charge in [-0.15, -0.1) is 0 Å². The third-order valence-electron chi connectivity index (χ3n) is 8.51. The molecule has 1 heterocycles. The van der Waals surface area contributed by atoms with Crippen molar-refractivity contribution in [3.63, 3.8) is 0 Å². The van der Waals surface area contributed by atoms with E-state index in [-0.39, 0.29) is 54.0 Å². The molecule has 0 radical (unpaired) electrons. The van der Waals surface area contributed by atoms with Crippen LogP contribution in [0, 0.1) is 12.8 Å². The van der Waals surface area contributed by atoms with Crippen molar-refractivity contribution in [3.05, 3.63) is 53.6 Å². The zero-order chi connectivity index (χ0) is 34.7. The van der Waals surface area contributed by atoms with Crippen molar-refractivity contribution in [2.45, 2.75) is 82.9 Å². The Hall–Kier alpha value is -3.03. The molecule has 47 heavy (non-hydrogen) atoms. The highest BCUT2D eigenvalue weighted by Crippen LogP contribution is 2.29. The zero-order valence-electron chi connectivity index (χ0n) is 29.1. The van der Waals surface area contributed by atoms with Crippen LogP contribution in [0.3, 0.4) is 0 Å². The fourth-order valence-corrected chi connectivity index (χ4v) is 6.67. The lowest BCUT2D eigenvalue weighted by Crippen LogP contribution is -2.48. The first-order valence-electron chi connectivity index (χ1n) is 16.5. The summed E-state index contributed by atoms with van der Waals surface area (Å²) in [6, 6.07) is 11.3. The van der Waals surface area contributed by atoms with Crippen molar-refractivity contribution < 1.29 is 32.6 Å². The number of carbonyl (C=O) groups is 2. The van der Waals surface area contributed by atoms with E-state index in [0.717, 1.165) is 31.4 Å². The maximum absolute atomic E-state index is 14.3. The van der Waals surface area contributed by atoms with Gasteiger partial charge in [0.25, 0.3) is 5.91 Å². The van der Waals surface area contributed by atoms with Gasteiger partial charge in [0, 0.05) is 44.8 Å². The van der Waals surface area contributed by atoms with Crippen LogP contribution in [-0.2, 0) is 19.6 Å². The largest absolute Gasteiger partial charge is 0.490 e. The molecule has 2 aromatic rings. The summed E-state index contributed by atoms with van der Waals surface area (Å²) in [6.07, 6.45) is 2.63. The van der Waals surface area contributed by atoms with Gasteiger partial charge in [0.1, 0.15) is 5.75 Å². The summed E-state index contributed by atoms with van der Waals surface area (Å²) in [5.74, 6) is -0.395. The predicted octanol–water partition coefficient (Wildman–Crippen LogP) is 4.39. The molecule has 2 N–H and O–H groups in total. The second-order valence-corrected chi connectivity index (χ2v) is 15.1. The minimum atomic E-state index is -3.78. The lowest BCUT2D eigenvalue weighted by atomic mass is 10.0. The topological polar surface area (TPSA) is 129 Å². The number of rotatable bonds is 11. The van der Waals surface area contributed by atoms with Gasteiger partial charge >= 0.3 is 0 Å². The Morgan fingerprint density at radius 2 is 1.81 bits per heavy atom. The van der Waals surface area contributed by atoms with Crippen LogP contribution >= 0.6 is 0 Å². The molecule has 0 unspecified atom stereocenters. The summed E-state index contributed by atoms with van der Waals surface area (Å²) in [5, 5.41) is 13.1. The highest BCUT2D eigenvalue weighted by molar-refractivity contribution is 7.89. The molecule has 4 atom stereocenters. The van der Waals surface area contributed by atoms with E-state index >= 15 is 0 Å². The van der Waals surface area contributed by atoms with Gasteiger partial charge in [-0.25, -0.2) is 8.42 Å². The lowest BCUT2D eigenvalue weighted by Gasteiger charge is -2.35. The van der Waals surface area contributed by atoms with Gasteiger partial charge < -0.3 is 29.7 Å². The number of likely N-dealkylation sites (N-methyl/N-ethyl adjacent to an activating group) is 1. The molecular weight excluding hydrogens is 620 g/mol. The Morgan fingerprint density at radius 1 is 1.11 bits per heavy atom. The summed E-state index contributed by atoms with van der Waals surface area (Å²) in [5.41, 5.74) is 1.73. The first kappa shape index (κ1) is 38.4. The summed E-state index contributed by atoms with van der Waals surface area (Å²) in [6.45, 7) is 8.76. The van der Waals surface area contributed by atoms with Gasteiger partial charge in [-0.3, -0.25) is 9.59 Å². The van der Waals surface area contributed by atoms with Crippen molar-refractivity contribution >= 4 is 27.5 Å². The van der Waals surface area contributed by atoms with Crippen molar-refractivity contribution in [1.82, 2.24) is 14.1 Å². The molecular formula is C35H54N4O7S. The molecule has 0 fully saturated rings. The number of hydrogen-bond acceptors (Lipinski definition) is 8. The number of hydrogen-bond donors (Lipinski definition) is 2. The smallest absolute Gasteiger partial charge is 0.258 e. The number of aliphatic hydroxyl groups excluding tert-OH is 1. The van der Waals surface area contributed by atoms with E-state index in [1.165, 1.54) is 4.31 Å². The molecule has 262 valence electrons. The fourth-order valence-electron chi connectivity index (χ4n) is 5.48. The van der Waals surface area contributed by atoms with E-state index in [1.807, 2.05) is 39.8 Å². The van der Waals surface area contributed by atoms with Crippen LogP contribution in [0.4, 0.5) is 5.69 Å². The molecule has 0 aliphatic carbocycles. The van der Waals surface area contributed by atoms with Crippen LogP contribution in [0.5, 0.6) is 5.75 Å². The molecule has 0 saturated carbocycles. The van der Waals surface area contributed by atoms with Crippen molar-refractivity contribution in [2.75, 3.05) is 59.3 Å². The van der Waals surface area contributed by atoms with E-state index < -0.39 is 22.2 Å². The van der Waals surface area contributed by atoms with Gasteiger partial charge in [-0.05, 0) is 97.4 Å². The molecule has 0 saturated heterocycles. The van der Waals surface area contributed by atoms with Gasteiger partial charge in [-0.1, -0.05) is 24.6 Å². The Kier molecular flexibility index (Phi) is 14.7. The number of amides is 2. The molecule has 1 aliphatic heterocycles. The minimum Gasteiger partial charge on any atom is -0.490 e. The predicted molar refractivity (Wildman–Crippen MR) is 184 cm³/mol. The fraction of sp³-hybridized carbons (Fsp3) is 0.600. The normalized spacial score (nSPS) is 20.8. The monoisotopic (exact) mass is 674 g/mol. The van der Waals surface area contributed by atoms with Gasteiger partial charge in [0.15, 0.2) is 0 Å². The van der Waals surface area contributed by atoms with Gasteiger partial charge in [0.2, 0.25) is 15.9 Å². The van der Waals surface area contributed by atoms with Gasteiger partial charge in [-0.2, -0.15) is 4.31 Å². The second-order valence-electron chi connectivity index (χ2n) is 13.1. The number of carbonyl (C=O) groups excluding carboxylic acids is 2. The van der Waals surface area contributed by atoms with E-state index in [4.69, 9.17) is 9.47 Å². The number of sulfonamides is 1. The molecule has 12 heteroatoms. The third-order valence-corrected chi connectivity index (χ3v) is 10.3. The van der Waals surface area contributed by atoms with E-state index in [2.05, 4.69) is 5.32 Å². The van der Waals surface area contributed by atoms with Gasteiger partial charge in [0.05, 0.1) is 35.3 Å². The Morgan fingerprint density at radius 3 is 2.47 bits per heavy atom. The molecule has 0 spiro atoms. The summed E-state index contributed by atoms with van der Waals surface area (Å²) in [4.78, 5) is 30.8.